The standard InChI is InChI=1S/C30H31N7O2/c1-38-26-13-7-22(8-14-26)15-16-31-28-27-29(37(21-32-27)25-5-3-2-4-6-25)35-30(34-28)33-23-9-11-24(12-10-23)36-17-19-39-20-18-36/h2-14,21H,15-20H2,1H3,(H2,31,33,34,35). The summed E-state index contributed by atoms with van der Waals surface area (Å²) in [6.45, 7) is 4.03. The molecule has 0 saturated carbocycles. The van der Waals surface area contributed by atoms with Crippen molar-refractivity contribution in [3.05, 3.63) is 90.8 Å². The van der Waals surface area contributed by atoms with E-state index in [0.29, 0.717) is 18.3 Å². The highest BCUT2D eigenvalue weighted by molar-refractivity contribution is 5.86. The van der Waals surface area contributed by atoms with Gasteiger partial charge in [-0.25, -0.2) is 4.98 Å². The third-order valence-corrected chi connectivity index (χ3v) is 6.80. The molecule has 0 amide bonds. The van der Waals surface area contributed by atoms with E-state index in [4.69, 9.17) is 19.4 Å². The van der Waals surface area contributed by atoms with E-state index in [1.807, 2.05) is 47.0 Å². The summed E-state index contributed by atoms with van der Waals surface area (Å²) in [5.74, 6) is 2.05. The highest BCUT2D eigenvalue weighted by Gasteiger charge is 2.15. The number of nitrogens with one attached hydrogen (secondary N) is 2. The first-order valence-corrected chi connectivity index (χ1v) is 13.1. The van der Waals surface area contributed by atoms with E-state index < -0.39 is 0 Å². The van der Waals surface area contributed by atoms with Crippen LogP contribution < -0.4 is 20.3 Å². The number of fused-ring (bicyclic) bond motifs is 1. The van der Waals surface area contributed by atoms with Crippen LogP contribution in [0, 0.1) is 0 Å². The molecule has 198 valence electrons. The monoisotopic (exact) mass is 521 g/mol. The molecule has 0 unspecified atom stereocenters. The summed E-state index contributed by atoms with van der Waals surface area (Å²) >= 11 is 0. The van der Waals surface area contributed by atoms with Crippen molar-refractivity contribution in [2.45, 2.75) is 6.42 Å². The second kappa shape index (κ2) is 11.4. The Kier molecular flexibility index (Phi) is 7.22. The zero-order valence-electron chi connectivity index (χ0n) is 21.9. The molecule has 3 aromatic carbocycles. The Bertz CT molecular complexity index is 1510. The van der Waals surface area contributed by atoms with E-state index in [-0.39, 0.29) is 0 Å². The van der Waals surface area contributed by atoms with Crippen molar-refractivity contribution < 1.29 is 9.47 Å². The number of rotatable bonds is 9. The number of benzene rings is 3. The fourth-order valence-corrected chi connectivity index (χ4v) is 4.68. The van der Waals surface area contributed by atoms with Gasteiger partial charge in [-0.1, -0.05) is 30.3 Å². The summed E-state index contributed by atoms with van der Waals surface area (Å²) in [5.41, 5.74) is 5.76. The van der Waals surface area contributed by atoms with Gasteiger partial charge in [0.05, 0.1) is 20.3 Å². The highest BCUT2D eigenvalue weighted by Crippen LogP contribution is 2.26. The van der Waals surface area contributed by atoms with Gasteiger partial charge in [-0.3, -0.25) is 4.57 Å². The Hall–Kier alpha value is -4.63. The minimum atomic E-state index is 0.506. The lowest BCUT2D eigenvalue weighted by Gasteiger charge is -2.28. The van der Waals surface area contributed by atoms with Crippen LogP contribution in [-0.4, -0.2) is 59.5 Å². The number of hydrogen-bond acceptors (Lipinski definition) is 8. The predicted octanol–water partition coefficient (Wildman–Crippen LogP) is 5.06. The van der Waals surface area contributed by atoms with E-state index in [2.05, 4.69) is 56.9 Å². The van der Waals surface area contributed by atoms with Gasteiger partial charge < -0.3 is 25.0 Å². The minimum absolute atomic E-state index is 0.506. The SMILES string of the molecule is COc1ccc(CCNc2nc(Nc3ccc(N4CCOCC4)cc3)nc3c2ncn3-c2ccccc2)cc1. The molecule has 0 atom stereocenters. The number of anilines is 4. The van der Waals surface area contributed by atoms with Gasteiger partial charge in [-0.2, -0.15) is 9.97 Å². The summed E-state index contributed by atoms with van der Waals surface area (Å²) in [5, 5.41) is 6.89. The molecule has 0 spiro atoms. The van der Waals surface area contributed by atoms with Crippen LogP contribution in [-0.2, 0) is 11.2 Å². The van der Waals surface area contributed by atoms with E-state index in [1.54, 1.807) is 13.4 Å². The normalized spacial score (nSPS) is 13.4. The number of para-hydroxylation sites is 1. The van der Waals surface area contributed by atoms with Crippen molar-refractivity contribution in [2.24, 2.45) is 0 Å². The zero-order valence-corrected chi connectivity index (χ0v) is 21.9. The molecule has 3 heterocycles. The molecule has 1 fully saturated rings. The highest BCUT2D eigenvalue weighted by atomic mass is 16.5. The number of hydrogen-bond donors (Lipinski definition) is 2. The predicted molar refractivity (Wildman–Crippen MR) is 155 cm³/mol. The van der Waals surface area contributed by atoms with Crippen LogP contribution in [0.1, 0.15) is 5.56 Å². The molecule has 0 aliphatic carbocycles. The molecule has 0 radical (unpaired) electrons. The Labute approximate surface area is 227 Å². The van der Waals surface area contributed by atoms with Crippen LogP contribution in [0.25, 0.3) is 16.9 Å². The molecule has 6 rings (SSSR count). The lowest BCUT2D eigenvalue weighted by Crippen LogP contribution is -2.36. The van der Waals surface area contributed by atoms with Gasteiger partial charge in [0.25, 0.3) is 0 Å². The Morgan fingerprint density at radius 1 is 0.872 bits per heavy atom. The third kappa shape index (κ3) is 5.63. The van der Waals surface area contributed by atoms with Gasteiger partial charge in [0, 0.05) is 36.7 Å². The van der Waals surface area contributed by atoms with Crippen molar-refractivity contribution in [3.8, 4) is 11.4 Å². The number of ether oxygens (including phenoxy) is 2. The largest absolute Gasteiger partial charge is 0.497 e. The van der Waals surface area contributed by atoms with Crippen LogP contribution >= 0.6 is 0 Å². The van der Waals surface area contributed by atoms with Crippen LogP contribution in [0.4, 0.5) is 23.1 Å². The quantitative estimate of drug-likeness (QED) is 0.278. The summed E-state index contributed by atoms with van der Waals surface area (Å²) in [6.07, 6.45) is 2.63. The van der Waals surface area contributed by atoms with Crippen LogP contribution in [0.5, 0.6) is 5.75 Å². The smallest absolute Gasteiger partial charge is 0.231 e. The van der Waals surface area contributed by atoms with Gasteiger partial charge in [0.1, 0.15) is 12.1 Å². The van der Waals surface area contributed by atoms with Crippen molar-refractivity contribution in [1.82, 2.24) is 19.5 Å². The second-order valence-corrected chi connectivity index (χ2v) is 9.31. The molecule has 9 heteroatoms. The van der Waals surface area contributed by atoms with Crippen molar-refractivity contribution in [2.75, 3.05) is 55.5 Å². The molecule has 0 bridgehead atoms. The topological polar surface area (TPSA) is 89.4 Å². The molecule has 1 aliphatic rings. The molecule has 5 aromatic rings. The van der Waals surface area contributed by atoms with Crippen molar-refractivity contribution >= 4 is 34.3 Å². The number of morpholine rings is 1. The van der Waals surface area contributed by atoms with E-state index >= 15 is 0 Å². The summed E-state index contributed by atoms with van der Waals surface area (Å²) in [7, 11) is 1.68. The first-order chi connectivity index (χ1) is 19.3. The summed E-state index contributed by atoms with van der Waals surface area (Å²) in [6, 6.07) is 26.6. The van der Waals surface area contributed by atoms with Crippen LogP contribution in [0.2, 0.25) is 0 Å². The average molecular weight is 522 g/mol. The van der Waals surface area contributed by atoms with Crippen molar-refractivity contribution in [3.63, 3.8) is 0 Å². The molecule has 39 heavy (non-hydrogen) atoms. The number of imidazole rings is 1. The first-order valence-electron chi connectivity index (χ1n) is 13.1. The Morgan fingerprint density at radius 3 is 2.38 bits per heavy atom. The molecule has 1 saturated heterocycles. The van der Waals surface area contributed by atoms with Gasteiger partial charge in [-0.05, 0) is 60.5 Å². The van der Waals surface area contributed by atoms with Crippen LogP contribution in [0.3, 0.4) is 0 Å². The Morgan fingerprint density at radius 2 is 1.64 bits per heavy atom. The second-order valence-electron chi connectivity index (χ2n) is 9.31. The maximum Gasteiger partial charge on any atom is 0.231 e. The molecule has 1 aliphatic heterocycles. The average Bonchev–Trinajstić information content (AvgIpc) is 3.43. The number of nitrogens with zero attached hydrogens (tertiary/aromatic N) is 5. The fraction of sp³-hybridized carbons (Fsp3) is 0.233. The molecule has 2 N–H and O–H groups in total. The molecular weight excluding hydrogens is 490 g/mol. The lowest BCUT2D eigenvalue weighted by molar-refractivity contribution is 0.122. The summed E-state index contributed by atoms with van der Waals surface area (Å²) < 4.78 is 12.7. The first kappa shape index (κ1) is 24.7. The maximum absolute atomic E-state index is 5.48. The maximum atomic E-state index is 5.48. The molecular formula is C30H31N7O2. The van der Waals surface area contributed by atoms with E-state index in [9.17, 15) is 0 Å². The van der Waals surface area contributed by atoms with E-state index in [0.717, 1.165) is 61.0 Å². The Balaban J connectivity index is 1.26. The zero-order chi connectivity index (χ0) is 26.4. The van der Waals surface area contributed by atoms with Gasteiger partial charge in [0.2, 0.25) is 5.95 Å². The van der Waals surface area contributed by atoms with Gasteiger partial charge in [0.15, 0.2) is 17.0 Å². The van der Waals surface area contributed by atoms with Crippen LogP contribution in [0.15, 0.2) is 85.2 Å². The number of aromatic nitrogens is 4. The molecule has 2 aromatic heterocycles. The third-order valence-electron chi connectivity index (χ3n) is 6.80. The fourth-order valence-electron chi connectivity index (χ4n) is 4.68. The van der Waals surface area contributed by atoms with Crippen molar-refractivity contribution in [1.29, 1.82) is 0 Å². The van der Waals surface area contributed by atoms with E-state index in [1.165, 1.54) is 11.3 Å². The summed E-state index contributed by atoms with van der Waals surface area (Å²) in [4.78, 5) is 16.7. The minimum Gasteiger partial charge on any atom is -0.497 e. The van der Waals surface area contributed by atoms with Gasteiger partial charge >= 0.3 is 0 Å². The van der Waals surface area contributed by atoms with Gasteiger partial charge in [-0.15, -0.1) is 0 Å². The lowest BCUT2D eigenvalue weighted by atomic mass is 10.1. The molecule has 9 nitrogen and oxygen atoms in total. The number of methoxy groups -OCH3 is 1.